The summed E-state index contributed by atoms with van der Waals surface area (Å²) in [7, 11) is 2.21. The molecule has 0 amide bonds. The Hall–Kier alpha value is -0.380. The molecule has 1 heterocycles. The molecular weight excluding hydrogens is 288 g/mol. The highest BCUT2D eigenvalue weighted by Gasteiger charge is 2.43. The second kappa shape index (κ2) is 4.95. The van der Waals surface area contributed by atoms with Crippen LogP contribution in [0.25, 0.3) is 0 Å². The van der Waals surface area contributed by atoms with Crippen molar-refractivity contribution in [3.8, 4) is 0 Å². The topological polar surface area (TPSA) is 29.3 Å². The highest BCUT2D eigenvalue weighted by Crippen LogP contribution is 2.43. The maximum Gasteiger partial charge on any atom is 0.0213 e. The number of piperidine rings is 1. The predicted molar refractivity (Wildman–Crippen MR) is 80.8 cm³/mol. The molecule has 1 saturated heterocycles. The minimum atomic E-state index is 0.107. The summed E-state index contributed by atoms with van der Waals surface area (Å²) in [5.74, 6) is 0. The standard InChI is InChI=1S/C15H23BrN2/c1-14(2)10-15(11-17,8-9-18(14)3)12-6-4-5-7-13(12)16/h4-7H,8-11,17H2,1-3H3. The van der Waals surface area contributed by atoms with Gasteiger partial charge >= 0.3 is 0 Å². The van der Waals surface area contributed by atoms with E-state index in [1.54, 1.807) is 0 Å². The lowest BCUT2D eigenvalue weighted by Crippen LogP contribution is -2.55. The van der Waals surface area contributed by atoms with Crippen LogP contribution in [0.1, 0.15) is 32.3 Å². The Labute approximate surface area is 119 Å². The number of nitrogens with zero attached hydrogens (tertiary/aromatic N) is 1. The molecule has 2 rings (SSSR count). The lowest BCUT2D eigenvalue weighted by molar-refractivity contribution is 0.0565. The summed E-state index contributed by atoms with van der Waals surface area (Å²) in [4.78, 5) is 2.44. The van der Waals surface area contributed by atoms with Crippen molar-refractivity contribution in [2.75, 3.05) is 20.1 Å². The fourth-order valence-electron chi connectivity index (χ4n) is 3.14. The molecule has 2 nitrogen and oxygen atoms in total. The summed E-state index contributed by atoms with van der Waals surface area (Å²) in [5, 5.41) is 0. The van der Waals surface area contributed by atoms with Crippen LogP contribution in [-0.4, -0.2) is 30.6 Å². The summed E-state index contributed by atoms with van der Waals surface area (Å²) < 4.78 is 1.19. The molecule has 0 spiro atoms. The van der Waals surface area contributed by atoms with Crippen molar-refractivity contribution in [2.24, 2.45) is 5.73 Å². The first kappa shape index (κ1) is 14.0. The van der Waals surface area contributed by atoms with E-state index in [2.05, 4.69) is 66.0 Å². The first-order valence-electron chi connectivity index (χ1n) is 6.58. The van der Waals surface area contributed by atoms with Crippen LogP contribution < -0.4 is 5.73 Å². The number of hydrogen-bond donors (Lipinski definition) is 1. The van der Waals surface area contributed by atoms with Crippen LogP contribution in [0.15, 0.2) is 28.7 Å². The Kier molecular flexibility index (Phi) is 3.86. The average Bonchev–Trinajstić information content (AvgIpc) is 2.33. The van der Waals surface area contributed by atoms with Crippen LogP contribution in [0.4, 0.5) is 0 Å². The minimum Gasteiger partial charge on any atom is -0.330 e. The first-order chi connectivity index (χ1) is 8.41. The third-order valence-corrected chi connectivity index (χ3v) is 5.26. The fraction of sp³-hybridized carbons (Fsp3) is 0.600. The number of rotatable bonds is 2. The van der Waals surface area contributed by atoms with E-state index < -0.39 is 0 Å². The van der Waals surface area contributed by atoms with Crippen molar-refractivity contribution in [3.63, 3.8) is 0 Å². The highest BCUT2D eigenvalue weighted by atomic mass is 79.9. The van der Waals surface area contributed by atoms with Gasteiger partial charge in [-0.15, -0.1) is 0 Å². The van der Waals surface area contributed by atoms with Crippen LogP contribution in [0.2, 0.25) is 0 Å². The number of likely N-dealkylation sites (tertiary alicyclic amines) is 1. The monoisotopic (exact) mass is 310 g/mol. The fourth-order valence-corrected chi connectivity index (χ4v) is 3.85. The zero-order chi connectivity index (χ0) is 13.4. The Morgan fingerprint density at radius 3 is 2.56 bits per heavy atom. The molecule has 1 fully saturated rings. The molecule has 0 radical (unpaired) electrons. The Balaban J connectivity index is 2.41. The van der Waals surface area contributed by atoms with E-state index in [-0.39, 0.29) is 11.0 Å². The van der Waals surface area contributed by atoms with E-state index in [9.17, 15) is 0 Å². The van der Waals surface area contributed by atoms with E-state index in [1.807, 2.05) is 0 Å². The SMILES string of the molecule is CN1CCC(CN)(c2ccccc2Br)CC1(C)C. The number of benzene rings is 1. The molecule has 0 saturated carbocycles. The van der Waals surface area contributed by atoms with Gasteiger partial charge in [-0.05, 0) is 51.9 Å². The van der Waals surface area contributed by atoms with Crippen molar-refractivity contribution in [1.29, 1.82) is 0 Å². The van der Waals surface area contributed by atoms with Gasteiger partial charge in [0.15, 0.2) is 0 Å². The van der Waals surface area contributed by atoms with Gasteiger partial charge in [0.1, 0.15) is 0 Å². The second-order valence-electron chi connectivity index (χ2n) is 6.13. The molecule has 1 aromatic carbocycles. The van der Waals surface area contributed by atoms with Gasteiger partial charge in [0, 0.05) is 22.0 Å². The molecule has 100 valence electrons. The molecule has 0 aromatic heterocycles. The normalized spacial score (nSPS) is 28.3. The third-order valence-electron chi connectivity index (χ3n) is 4.57. The quantitative estimate of drug-likeness (QED) is 0.909. The van der Waals surface area contributed by atoms with Gasteiger partial charge in [-0.3, -0.25) is 0 Å². The molecular formula is C15H23BrN2. The number of halogens is 1. The Bertz CT molecular complexity index is 430. The van der Waals surface area contributed by atoms with Crippen LogP contribution in [0.5, 0.6) is 0 Å². The van der Waals surface area contributed by atoms with Gasteiger partial charge in [-0.1, -0.05) is 34.1 Å². The Morgan fingerprint density at radius 2 is 2.00 bits per heavy atom. The van der Waals surface area contributed by atoms with Gasteiger partial charge < -0.3 is 10.6 Å². The highest BCUT2D eigenvalue weighted by molar-refractivity contribution is 9.10. The zero-order valence-electron chi connectivity index (χ0n) is 11.5. The van der Waals surface area contributed by atoms with E-state index in [1.165, 1.54) is 10.0 Å². The molecule has 1 aliphatic rings. The van der Waals surface area contributed by atoms with E-state index in [4.69, 9.17) is 5.73 Å². The molecule has 3 heteroatoms. The third kappa shape index (κ3) is 2.36. The maximum absolute atomic E-state index is 6.17. The minimum absolute atomic E-state index is 0.107. The van der Waals surface area contributed by atoms with Crippen LogP contribution in [-0.2, 0) is 5.41 Å². The molecule has 0 bridgehead atoms. The van der Waals surface area contributed by atoms with Crippen LogP contribution in [0.3, 0.4) is 0 Å². The van der Waals surface area contributed by atoms with E-state index in [0.717, 1.165) is 19.4 Å². The van der Waals surface area contributed by atoms with Gasteiger partial charge in [0.2, 0.25) is 0 Å². The molecule has 1 atom stereocenters. The molecule has 1 unspecified atom stereocenters. The first-order valence-corrected chi connectivity index (χ1v) is 7.37. The summed E-state index contributed by atoms with van der Waals surface area (Å²) in [5.41, 5.74) is 7.84. The molecule has 1 aromatic rings. The van der Waals surface area contributed by atoms with Gasteiger partial charge in [-0.2, -0.15) is 0 Å². The number of hydrogen-bond acceptors (Lipinski definition) is 2. The molecule has 0 aliphatic carbocycles. The van der Waals surface area contributed by atoms with Crippen molar-refractivity contribution in [3.05, 3.63) is 34.3 Å². The van der Waals surface area contributed by atoms with Gasteiger partial charge in [0.25, 0.3) is 0 Å². The Morgan fingerprint density at radius 1 is 1.33 bits per heavy atom. The maximum atomic E-state index is 6.17. The van der Waals surface area contributed by atoms with Crippen molar-refractivity contribution >= 4 is 15.9 Å². The van der Waals surface area contributed by atoms with E-state index in [0.29, 0.717) is 6.54 Å². The largest absolute Gasteiger partial charge is 0.330 e. The van der Waals surface area contributed by atoms with Crippen LogP contribution >= 0.6 is 15.9 Å². The molecule has 2 N–H and O–H groups in total. The number of nitrogens with two attached hydrogens (primary N) is 1. The van der Waals surface area contributed by atoms with Crippen molar-refractivity contribution in [2.45, 2.75) is 37.6 Å². The molecule has 18 heavy (non-hydrogen) atoms. The average molecular weight is 311 g/mol. The lowest BCUT2D eigenvalue weighted by atomic mass is 9.67. The summed E-state index contributed by atoms with van der Waals surface area (Å²) >= 11 is 3.69. The van der Waals surface area contributed by atoms with Crippen molar-refractivity contribution < 1.29 is 0 Å². The second-order valence-corrected chi connectivity index (χ2v) is 6.98. The van der Waals surface area contributed by atoms with E-state index >= 15 is 0 Å². The van der Waals surface area contributed by atoms with Gasteiger partial charge in [-0.25, -0.2) is 0 Å². The smallest absolute Gasteiger partial charge is 0.0213 e. The zero-order valence-corrected chi connectivity index (χ0v) is 13.1. The summed E-state index contributed by atoms with van der Waals surface area (Å²) in [6, 6.07) is 8.52. The van der Waals surface area contributed by atoms with Gasteiger partial charge in [0.05, 0.1) is 0 Å². The summed E-state index contributed by atoms with van der Waals surface area (Å²) in [6.45, 7) is 6.44. The van der Waals surface area contributed by atoms with Crippen molar-refractivity contribution in [1.82, 2.24) is 4.90 Å². The predicted octanol–water partition coefficient (Wildman–Crippen LogP) is 3.15. The lowest BCUT2D eigenvalue weighted by Gasteiger charge is -2.50. The molecule has 1 aliphatic heterocycles. The van der Waals surface area contributed by atoms with Crippen LogP contribution in [0, 0.1) is 0 Å². The summed E-state index contributed by atoms with van der Waals surface area (Å²) in [6.07, 6.45) is 2.24.